The van der Waals surface area contributed by atoms with Gasteiger partial charge in [-0.05, 0) is 51.5 Å². The number of carbonyl (C=O) groups excluding carboxylic acids is 2. The van der Waals surface area contributed by atoms with Crippen molar-refractivity contribution in [3.05, 3.63) is 64.9 Å². The van der Waals surface area contributed by atoms with Crippen LogP contribution in [0.4, 0.5) is 10.1 Å². The molecule has 0 spiro atoms. The summed E-state index contributed by atoms with van der Waals surface area (Å²) >= 11 is 6.26. The first-order valence-electron chi connectivity index (χ1n) is 10.3. The van der Waals surface area contributed by atoms with Crippen LogP contribution in [-0.4, -0.2) is 49.5 Å². The SMILES string of the molecule is C[C@@H](C(=O)NC(C)(C)C)N(Cc1ccccc1Cl)C(=O)CN(c1ccccc1F)S(C)(=O)=O. The van der Waals surface area contributed by atoms with Crippen molar-refractivity contribution in [1.29, 1.82) is 0 Å². The van der Waals surface area contributed by atoms with E-state index in [0.29, 0.717) is 14.9 Å². The molecule has 0 bridgehead atoms. The van der Waals surface area contributed by atoms with Gasteiger partial charge in [-0.25, -0.2) is 12.8 Å². The van der Waals surface area contributed by atoms with Gasteiger partial charge in [0.2, 0.25) is 21.8 Å². The lowest BCUT2D eigenvalue weighted by molar-refractivity contribution is -0.140. The predicted octanol–water partition coefficient (Wildman–Crippen LogP) is 3.58. The molecule has 180 valence electrons. The molecule has 0 unspecified atom stereocenters. The predicted molar refractivity (Wildman–Crippen MR) is 128 cm³/mol. The van der Waals surface area contributed by atoms with Crippen LogP contribution in [0.5, 0.6) is 0 Å². The van der Waals surface area contributed by atoms with E-state index >= 15 is 0 Å². The fraction of sp³-hybridized carbons (Fsp3) is 0.391. The molecule has 0 aromatic heterocycles. The Bertz CT molecular complexity index is 1120. The Labute approximate surface area is 199 Å². The highest BCUT2D eigenvalue weighted by atomic mass is 35.5. The summed E-state index contributed by atoms with van der Waals surface area (Å²) in [7, 11) is -4.01. The number of rotatable bonds is 8. The molecule has 7 nitrogen and oxygen atoms in total. The molecule has 33 heavy (non-hydrogen) atoms. The first kappa shape index (κ1) is 26.6. The van der Waals surface area contributed by atoms with Crippen molar-refractivity contribution in [3.8, 4) is 0 Å². The summed E-state index contributed by atoms with van der Waals surface area (Å²) in [5.74, 6) is -1.88. The number of sulfonamides is 1. The Kier molecular flexibility index (Phi) is 8.48. The number of amides is 2. The zero-order valence-electron chi connectivity index (χ0n) is 19.3. The van der Waals surface area contributed by atoms with Crippen LogP contribution >= 0.6 is 11.6 Å². The standard InChI is InChI=1S/C23H29ClFN3O4S/c1-16(22(30)26-23(2,3)4)27(14-17-10-6-7-11-18(17)24)21(29)15-28(33(5,31)32)20-13-9-8-12-19(20)25/h6-13,16H,14-15H2,1-5H3,(H,26,30)/t16-/m0/s1. The van der Waals surface area contributed by atoms with Gasteiger partial charge in [-0.2, -0.15) is 0 Å². The quantitative estimate of drug-likeness (QED) is 0.604. The van der Waals surface area contributed by atoms with Crippen LogP contribution in [0.25, 0.3) is 0 Å². The molecule has 0 fully saturated rings. The van der Waals surface area contributed by atoms with Crippen molar-refractivity contribution >= 4 is 39.1 Å². The van der Waals surface area contributed by atoms with E-state index in [1.807, 2.05) is 0 Å². The van der Waals surface area contributed by atoms with Crippen LogP contribution in [0.3, 0.4) is 0 Å². The molecule has 0 aliphatic rings. The van der Waals surface area contributed by atoms with E-state index in [2.05, 4.69) is 5.32 Å². The Balaban J connectivity index is 2.43. The van der Waals surface area contributed by atoms with E-state index in [9.17, 15) is 22.4 Å². The Morgan fingerprint density at radius 1 is 1.09 bits per heavy atom. The Hall–Kier alpha value is -2.65. The number of hydrogen-bond acceptors (Lipinski definition) is 4. The van der Waals surface area contributed by atoms with Gasteiger partial charge in [-0.3, -0.25) is 13.9 Å². The van der Waals surface area contributed by atoms with Crippen LogP contribution < -0.4 is 9.62 Å². The van der Waals surface area contributed by atoms with Gasteiger partial charge in [-0.1, -0.05) is 41.9 Å². The van der Waals surface area contributed by atoms with Crippen LogP contribution in [0.2, 0.25) is 5.02 Å². The molecule has 0 aliphatic carbocycles. The molecule has 1 atom stereocenters. The fourth-order valence-electron chi connectivity index (χ4n) is 3.12. The third-order valence-corrected chi connectivity index (χ3v) is 6.26. The van der Waals surface area contributed by atoms with E-state index in [1.165, 1.54) is 23.1 Å². The van der Waals surface area contributed by atoms with Gasteiger partial charge >= 0.3 is 0 Å². The molecule has 0 aliphatic heterocycles. The topological polar surface area (TPSA) is 86.8 Å². The lowest BCUT2D eigenvalue weighted by Gasteiger charge is -2.33. The minimum Gasteiger partial charge on any atom is -0.350 e. The van der Waals surface area contributed by atoms with Crippen LogP contribution in [0, 0.1) is 5.82 Å². The van der Waals surface area contributed by atoms with E-state index in [4.69, 9.17) is 11.6 Å². The number of carbonyl (C=O) groups is 2. The summed E-state index contributed by atoms with van der Waals surface area (Å²) in [4.78, 5) is 27.5. The summed E-state index contributed by atoms with van der Waals surface area (Å²) in [6.45, 7) is 6.25. The molecule has 1 N–H and O–H groups in total. The number of nitrogens with zero attached hydrogens (tertiary/aromatic N) is 2. The number of halogens is 2. The molecule has 0 radical (unpaired) electrons. The fourth-order valence-corrected chi connectivity index (χ4v) is 4.16. The van der Waals surface area contributed by atoms with E-state index in [-0.39, 0.29) is 12.2 Å². The molecular weight excluding hydrogens is 469 g/mol. The van der Waals surface area contributed by atoms with Gasteiger partial charge in [0.15, 0.2) is 0 Å². The maximum atomic E-state index is 14.4. The van der Waals surface area contributed by atoms with Gasteiger partial charge in [-0.15, -0.1) is 0 Å². The molecule has 10 heteroatoms. The maximum absolute atomic E-state index is 14.4. The van der Waals surface area contributed by atoms with Crippen LogP contribution in [0.1, 0.15) is 33.3 Å². The summed E-state index contributed by atoms with van der Waals surface area (Å²) in [6.07, 6.45) is 0.890. The van der Waals surface area contributed by atoms with Gasteiger partial charge in [0.1, 0.15) is 18.4 Å². The summed E-state index contributed by atoms with van der Waals surface area (Å²) in [6, 6.07) is 11.2. The van der Waals surface area contributed by atoms with E-state index < -0.39 is 45.8 Å². The van der Waals surface area contributed by atoms with Crippen LogP contribution in [0.15, 0.2) is 48.5 Å². The number of para-hydroxylation sites is 1. The Morgan fingerprint density at radius 2 is 1.67 bits per heavy atom. The van der Waals surface area contributed by atoms with Crippen molar-refractivity contribution in [2.75, 3.05) is 17.1 Å². The number of anilines is 1. The van der Waals surface area contributed by atoms with Gasteiger partial charge < -0.3 is 10.2 Å². The molecule has 0 saturated heterocycles. The van der Waals surface area contributed by atoms with Gasteiger partial charge in [0.05, 0.1) is 11.9 Å². The summed E-state index contributed by atoms with van der Waals surface area (Å²) in [5, 5.41) is 3.22. The summed E-state index contributed by atoms with van der Waals surface area (Å²) < 4.78 is 39.9. The average Bonchev–Trinajstić information content (AvgIpc) is 2.69. The van der Waals surface area contributed by atoms with Crippen LogP contribution in [-0.2, 0) is 26.2 Å². The summed E-state index contributed by atoms with van der Waals surface area (Å²) in [5.41, 5.74) is -0.214. The lowest BCUT2D eigenvalue weighted by atomic mass is 10.1. The largest absolute Gasteiger partial charge is 0.350 e. The first-order valence-corrected chi connectivity index (χ1v) is 12.5. The third-order valence-electron chi connectivity index (χ3n) is 4.76. The second-order valence-corrected chi connectivity index (χ2v) is 11.1. The highest BCUT2D eigenvalue weighted by Gasteiger charge is 2.32. The molecular formula is C23H29ClFN3O4S. The van der Waals surface area contributed by atoms with Crippen molar-refractivity contribution in [2.45, 2.75) is 45.8 Å². The molecule has 2 rings (SSSR count). The van der Waals surface area contributed by atoms with E-state index in [0.717, 1.165) is 12.3 Å². The van der Waals surface area contributed by atoms with Crippen molar-refractivity contribution in [1.82, 2.24) is 10.2 Å². The second-order valence-electron chi connectivity index (χ2n) is 8.75. The zero-order valence-corrected chi connectivity index (χ0v) is 20.9. The first-order chi connectivity index (χ1) is 15.2. The molecule has 2 amide bonds. The monoisotopic (exact) mass is 497 g/mol. The maximum Gasteiger partial charge on any atom is 0.244 e. The smallest absolute Gasteiger partial charge is 0.244 e. The van der Waals surface area contributed by atoms with E-state index in [1.54, 1.807) is 52.0 Å². The number of benzene rings is 2. The minimum atomic E-state index is -4.01. The van der Waals surface area contributed by atoms with Gasteiger partial charge in [0, 0.05) is 17.1 Å². The van der Waals surface area contributed by atoms with Gasteiger partial charge in [0.25, 0.3) is 0 Å². The van der Waals surface area contributed by atoms with Crippen molar-refractivity contribution in [3.63, 3.8) is 0 Å². The average molecular weight is 498 g/mol. The minimum absolute atomic E-state index is 0.0356. The Morgan fingerprint density at radius 3 is 2.21 bits per heavy atom. The second kappa shape index (κ2) is 10.5. The van der Waals surface area contributed by atoms with Crippen molar-refractivity contribution < 1.29 is 22.4 Å². The van der Waals surface area contributed by atoms with Crippen molar-refractivity contribution in [2.24, 2.45) is 0 Å². The molecule has 2 aromatic rings. The molecule has 0 saturated carbocycles. The molecule has 2 aromatic carbocycles. The highest BCUT2D eigenvalue weighted by Crippen LogP contribution is 2.23. The molecule has 0 heterocycles. The number of nitrogens with one attached hydrogen (secondary N) is 1. The normalized spacial score (nSPS) is 12.7. The number of hydrogen-bond donors (Lipinski definition) is 1. The zero-order chi connectivity index (χ0) is 25.0. The highest BCUT2D eigenvalue weighted by molar-refractivity contribution is 7.92. The lowest BCUT2D eigenvalue weighted by Crippen LogP contribution is -2.54. The third kappa shape index (κ3) is 7.43.